The summed E-state index contributed by atoms with van der Waals surface area (Å²) in [6, 6.07) is 9.49. The number of pyridine rings is 2. The number of nitrogens with zero attached hydrogens (tertiary/aromatic N) is 1. The molecule has 0 bridgehead atoms. The molecule has 0 radical (unpaired) electrons. The molecule has 3 rings (SSSR count). The highest BCUT2D eigenvalue weighted by Gasteiger charge is 2.05. The maximum absolute atomic E-state index is 11.9. The minimum Gasteiger partial charge on any atom is -0.321 e. The van der Waals surface area contributed by atoms with Gasteiger partial charge in [-0.1, -0.05) is 18.2 Å². The molecule has 0 saturated heterocycles. The third kappa shape index (κ3) is 1.61. The number of rotatable bonds is 1. The van der Waals surface area contributed by atoms with Crippen molar-refractivity contribution in [2.24, 2.45) is 0 Å². The van der Waals surface area contributed by atoms with Crippen LogP contribution in [0.25, 0.3) is 21.7 Å². The lowest BCUT2D eigenvalue weighted by molar-refractivity contribution is 1.15. The number of fused-ring (bicyclic) bond motifs is 3. The summed E-state index contributed by atoms with van der Waals surface area (Å²) in [4.78, 5) is 19.2. The van der Waals surface area contributed by atoms with Crippen molar-refractivity contribution in [2.75, 3.05) is 6.26 Å². The van der Waals surface area contributed by atoms with E-state index in [1.165, 1.54) is 0 Å². The Morgan fingerprint density at radius 3 is 2.71 bits per heavy atom. The van der Waals surface area contributed by atoms with Crippen molar-refractivity contribution in [3.63, 3.8) is 0 Å². The lowest BCUT2D eigenvalue weighted by atomic mass is 10.1. The Morgan fingerprint density at radius 2 is 1.94 bits per heavy atom. The van der Waals surface area contributed by atoms with Gasteiger partial charge >= 0.3 is 0 Å². The van der Waals surface area contributed by atoms with E-state index in [0.29, 0.717) is 5.39 Å². The van der Waals surface area contributed by atoms with E-state index in [0.717, 1.165) is 21.3 Å². The molecule has 3 nitrogen and oxygen atoms in total. The number of aromatic nitrogens is 2. The highest BCUT2D eigenvalue weighted by molar-refractivity contribution is 7.98. The predicted molar refractivity (Wildman–Crippen MR) is 71.7 cm³/mol. The van der Waals surface area contributed by atoms with Gasteiger partial charge in [0.05, 0.1) is 10.5 Å². The summed E-state index contributed by atoms with van der Waals surface area (Å²) in [6.45, 7) is 0. The van der Waals surface area contributed by atoms with E-state index in [2.05, 4.69) is 9.97 Å². The van der Waals surface area contributed by atoms with E-state index in [9.17, 15) is 4.79 Å². The number of hydrogen-bond donors (Lipinski definition) is 1. The summed E-state index contributed by atoms with van der Waals surface area (Å²) in [5.74, 6) is 0. The molecule has 0 amide bonds. The molecule has 0 aliphatic heterocycles. The Hall–Kier alpha value is -1.81. The molecule has 2 heterocycles. The molecule has 84 valence electrons. The van der Waals surface area contributed by atoms with Gasteiger partial charge in [0, 0.05) is 17.0 Å². The van der Waals surface area contributed by atoms with Gasteiger partial charge in [0.1, 0.15) is 0 Å². The zero-order valence-corrected chi connectivity index (χ0v) is 10.0. The van der Waals surface area contributed by atoms with Gasteiger partial charge in [-0.2, -0.15) is 0 Å². The maximum atomic E-state index is 11.9. The van der Waals surface area contributed by atoms with E-state index in [1.54, 1.807) is 11.8 Å². The molecular formula is C13H10N2OS. The normalized spacial score (nSPS) is 11.1. The number of hydrogen-bond acceptors (Lipinski definition) is 3. The fraction of sp³-hybridized carbons (Fsp3) is 0.0769. The fourth-order valence-electron chi connectivity index (χ4n) is 1.97. The van der Waals surface area contributed by atoms with Crippen LogP contribution in [0.3, 0.4) is 0 Å². The predicted octanol–water partition coefficient (Wildman–Crippen LogP) is 2.80. The average Bonchev–Trinajstić information content (AvgIpc) is 2.38. The van der Waals surface area contributed by atoms with Gasteiger partial charge in [0.2, 0.25) is 0 Å². The van der Waals surface area contributed by atoms with Gasteiger partial charge < -0.3 is 4.98 Å². The van der Waals surface area contributed by atoms with Gasteiger partial charge in [-0.15, -0.1) is 11.8 Å². The lowest BCUT2D eigenvalue weighted by Crippen LogP contribution is -2.06. The summed E-state index contributed by atoms with van der Waals surface area (Å²) in [6.07, 6.45) is 3.78. The van der Waals surface area contributed by atoms with E-state index in [1.807, 2.05) is 42.8 Å². The second-order valence-corrected chi connectivity index (χ2v) is 4.60. The van der Waals surface area contributed by atoms with Crippen LogP contribution in [-0.4, -0.2) is 16.2 Å². The standard InChI is InChI=1S/C13H10N2OS/c1-17-12-6-11-10(7-14-12)8-4-2-3-5-9(8)13(16)15-11/h2-7H,1H3,(H,15,16). The van der Waals surface area contributed by atoms with Crippen molar-refractivity contribution in [2.45, 2.75) is 5.03 Å². The van der Waals surface area contributed by atoms with E-state index < -0.39 is 0 Å². The number of aromatic amines is 1. The molecule has 0 atom stereocenters. The largest absolute Gasteiger partial charge is 0.321 e. The van der Waals surface area contributed by atoms with Crippen molar-refractivity contribution < 1.29 is 0 Å². The number of nitrogens with one attached hydrogen (secondary N) is 1. The first-order chi connectivity index (χ1) is 8.29. The Kier molecular flexibility index (Phi) is 2.37. The Labute approximate surface area is 102 Å². The van der Waals surface area contributed by atoms with Crippen LogP contribution in [0.5, 0.6) is 0 Å². The molecule has 0 unspecified atom stereocenters. The quantitative estimate of drug-likeness (QED) is 0.527. The topological polar surface area (TPSA) is 45.8 Å². The van der Waals surface area contributed by atoms with Crippen LogP contribution in [0.15, 0.2) is 46.3 Å². The first-order valence-corrected chi connectivity index (χ1v) is 6.47. The number of benzene rings is 1. The zero-order valence-electron chi connectivity index (χ0n) is 9.23. The smallest absolute Gasteiger partial charge is 0.256 e. The number of thioether (sulfide) groups is 1. The van der Waals surface area contributed by atoms with Crippen LogP contribution >= 0.6 is 11.8 Å². The third-order valence-electron chi connectivity index (χ3n) is 2.80. The van der Waals surface area contributed by atoms with Crippen LogP contribution in [0.2, 0.25) is 0 Å². The molecule has 0 spiro atoms. The third-order valence-corrected chi connectivity index (χ3v) is 3.44. The van der Waals surface area contributed by atoms with Crippen LogP contribution in [0, 0.1) is 0 Å². The molecule has 0 saturated carbocycles. The summed E-state index contributed by atoms with van der Waals surface area (Å²) in [7, 11) is 0. The highest BCUT2D eigenvalue weighted by Crippen LogP contribution is 2.22. The van der Waals surface area contributed by atoms with Crippen molar-refractivity contribution in [1.82, 2.24) is 9.97 Å². The summed E-state index contributed by atoms with van der Waals surface area (Å²) < 4.78 is 0. The SMILES string of the molecule is CSc1cc2[nH]c(=O)c3ccccc3c2cn1. The van der Waals surface area contributed by atoms with Crippen LogP contribution < -0.4 is 5.56 Å². The Morgan fingerprint density at radius 1 is 1.18 bits per heavy atom. The van der Waals surface area contributed by atoms with E-state index >= 15 is 0 Å². The molecule has 3 aromatic rings. The summed E-state index contributed by atoms with van der Waals surface area (Å²) in [5.41, 5.74) is 0.791. The lowest BCUT2D eigenvalue weighted by Gasteiger charge is -2.04. The molecule has 17 heavy (non-hydrogen) atoms. The van der Waals surface area contributed by atoms with Gasteiger partial charge in [0.15, 0.2) is 0 Å². The molecule has 0 aliphatic rings. The van der Waals surface area contributed by atoms with Crippen molar-refractivity contribution >= 4 is 33.4 Å². The van der Waals surface area contributed by atoms with Crippen molar-refractivity contribution in [1.29, 1.82) is 0 Å². The van der Waals surface area contributed by atoms with Crippen LogP contribution in [-0.2, 0) is 0 Å². The molecule has 1 aromatic carbocycles. The summed E-state index contributed by atoms with van der Waals surface area (Å²) >= 11 is 1.56. The van der Waals surface area contributed by atoms with Crippen molar-refractivity contribution in [3.8, 4) is 0 Å². The molecule has 0 aliphatic carbocycles. The van der Waals surface area contributed by atoms with Crippen LogP contribution in [0.1, 0.15) is 0 Å². The van der Waals surface area contributed by atoms with Gasteiger partial charge in [-0.3, -0.25) is 4.79 Å². The monoisotopic (exact) mass is 242 g/mol. The minimum atomic E-state index is -0.0497. The maximum Gasteiger partial charge on any atom is 0.256 e. The second kappa shape index (κ2) is 3.89. The molecule has 1 N–H and O–H groups in total. The fourth-order valence-corrected chi connectivity index (χ4v) is 2.37. The highest BCUT2D eigenvalue weighted by atomic mass is 32.2. The van der Waals surface area contributed by atoms with Gasteiger partial charge in [-0.25, -0.2) is 4.98 Å². The van der Waals surface area contributed by atoms with E-state index in [4.69, 9.17) is 0 Å². The summed E-state index contributed by atoms with van der Waals surface area (Å²) in [5, 5.41) is 3.55. The Balaban J connectivity index is 2.53. The van der Waals surface area contributed by atoms with Crippen molar-refractivity contribution in [3.05, 3.63) is 46.9 Å². The second-order valence-electron chi connectivity index (χ2n) is 3.77. The average molecular weight is 242 g/mol. The molecule has 2 aromatic heterocycles. The first kappa shape index (κ1) is 10.4. The van der Waals surface area contributed by atoms with Gasteiger partial charge in [-0.05, 0) is 23.8 Å². The van der Waals surface area contributed by atoms with Crippen LogP contribution in [0.4, 0.5) is 0 Å². The Bertz CT molecular complexity index is 764. The molecule has 4 heteroatoms. The zero-order chi connectivity index (χ0) is 11.8. The molecular weight excluding hydrogens is 232 g/mol. The number of H-pyrrole nitrogens is 1. The van der Waals surface area contributed by atoms with Gasteiger partial charge in [0.25, 0.3) is 5.56 Å². The van der Waals surface area contributed by atoms with E-state index in [-0.39, 0.29) is 5.56 Å². The molecule has 0 fully saturated rings. The first-order valence-electron chi connectivity index (χ1n) is 5.24. The minimum absolute atomic E-state index is 0.0497.